The van der Waals surface area contributed by atoms with Crippen LogP contribution in [0.1, 0.15) is 36.7 Å². The number of methoxy groups -OCH3 is 1. The summed E-state index contributed by atoms with van der Waals surface area (Å²) in [5.74, 6) is 0.246. The highest BCUT2D eigenvalue weighted by molar-refractivity contribution is 7.91. The number of benzene rings is 1. The van der Waals surface area contributed by atoms with Gasteiger partial charge >= 0.3 is 0 Å². The van der Waals surface area contributed by atoms with Crippen LogP contribution < -0.4 is 4.74 Å². The number of hydrogen-bond acceptors (Lipinski definition) is 5. The third-order valence-corrected chi connectivity index (χ3v) is 6.54. The van der Waals surface area contributed by atoms with E-state index in [0.717, 1.165) is 18.5 Å². The largest absolute Gasteiger partial charge is 0.493 e. The summed E-state index contributed by atoms with van der Waals surface area (Å²) in [6.07, 6.45) is 3.87. The van der Waals surface area contributed by atoms with Crippen LogP contribution in [0.3, 0.4) is 0 Å². The van der Waals surface area contributed by atoms with Gasteiger partial charge in [-0.2, -0.15) is 5.10 Å². The number of carbonyl (C=O) groups excluding carboxylic acids is 1. The van der Waals surface area contributed by atoms with Crippen LogP contribution in [0.15, 0.2) is 36.5 Å². The number of nitrogens with zero attached hydrogens (tertiary/aromatic N) is 3. The van der Waals surface area contributed by atoms with E-state index in [2.05, 4.69) is 5.10 Å². The van der Waals surface area contributed by atoms with E-state index in [1.807, 2.05) is 37.3 Å². The third-order valence-electron chi connectivity index (χ3n) is 4.79. The van der Waals surface area contributed by atoms with Crippen molar-refractivity contribution in [1.82, 2.24) is 14.7 Å². The normalized spacial score (nSPS) is 18.4. The zero-order valence-electron chi connectivity index (χ0n) is 15.7. The highest BCUT2D eigenvalue weighted by Gasteiger charge is 2.36. The number of ether oxygens (including phenoxy) is 1. The second-order valence-electron chi connectivity index (χ2n) is 6.74. The Morgan fingerprint density at radius 3 is 2.67 bits per heavy atom. The maximum atomic E-state index is 13.2. The van der Waals surface area contributed by atoms with Crippen molar-refractivity contribution in [2.24, 2.45) is 0 Å². The summed E-state index contributed by atoms with van der Waals surface area (Å²) in [5.41, 5.74) is 1.03. The van der Waals surface area contributed by atoms with Gasteiger partial charge in [0.2, 0.25) is 0 Å². The van der Waals surface area contributed by atoms with Gasteiger partial charge in [0.05, 0.1) is 30.5 Å². The summed E-state index contributed by atoms with van der Waals surface area (Å²) in [6, 6.07) is 9.16. The van der Waals surface area contributed by atoms with Crippen LogP contribution in [0.25, 0.3) is 5.69 Å². The van der Waals surface area contributed by atoms with Crippen molar-refractivity contribution in [2.45, 2.75) is 32.2 Å². The maximum Gasteiger partial charge on any atom is 0.278 e. The summed E-state index contributed by atoms with van der Waals surface area (Å²) >= 11 is 0. The van der Waals surface area contributed by atoms with Gasteiger partial charge in [-0.3, -0.25) is 4.79 Å². The molecular formula is C19H25N3O4S. The first-order valence-corrected chi connectivity index (χ1v) is 11.0. The molecule has 0 spiro atoms. The number of carbonyl (C=O) groups is 1. The van der Waals surface area contributed by atoms with Crippen LogP contribution in [0.2, 0.25) is 0 Å². The van der Waals surface area contributed by atoms with Crippen molar-refractivity contribution in [2.75, 3.05) is 25.2 Å². The number of para-hydroxylation sites is 1. The van der Waals surface area contributed by atoms with Crippen LogP contribution >= 0.6 is 0 Å². The Morgan fingerprint density at radius 1 is 1.33 bits per heavy atom. The molecule has 3 rings (SSSR count). The van der Waals surface area contributed by atoms with E-state index in [0.29, 0.717) is 18.7 Å². The van der Waals surface area contributed by atoms with Crippen LogP contribution in [-0.4, -0.2) is 60.2 Å². The molecule has 0 aliphatic carbocycles. The standard InChI is InChI=1S/C19H25N3O4S/c1-3-4-11-21(16-10-12-27(24,25)14-16)19(23)18-17(26-2)13-22(20-18)15-8-6-5-7-9-15/h5-9,13,16H,3-4,10-12,14H2,1-2H3. The van der Waals surface area contributed by atoms with Gasteiger partial charge in [-0.1, -0.05) is 31.5 Å². The molecule has 0 bridgehead atoms. The van der Waals surface area contributed by atoms with Gasteiger partial charge in [0.15, 0.2) is 21.3 Å². The number of amides is 1. The van der Waals surface area contributed by atoms with Gasteiger partial charge in [-0.05, 0) is 25.0 Å². The van der Waals surface area contributed by atoms with Crippen LogP contribution in [-0.2, 0) is 9.84 Å². The van der Waals surface area contributed by atoms with Crippen LogP contribution in [0, 0.1) is 0 Å². The minimum atomic E-state index is -3.09. The predicted molar refractivity (Wildman–Crippen MR) is 103 cm³/mol. The topological polar surface area (TPSA) is 81.5 Å². The van der Waals surface area contributed by atoms with E-state index in [1.165, 1.54) is 7.11 Å². The molecule has 1 aromatic carbocycles. The Morgan fingerprint density at radius 2 is 2.07 bits per heavy atom. The lowest BCUT2D eigenvalue weighted by Gasteiger charge is -2.27. The molecule has 1 aromatic heterocycles. The highest BCUT2D eigenvalue weighted by atomic mass is 32.2. The lowest BCUT2D eigenvalue weighted by molar-refractivity contribution is 0.0684. The average Bonchev–Trinajstić information content (AvgIpc) is 3.26. The Bertz CT molecular complexity index is 893. The Labute approximate surface area is 159 Å². The molecule has 1 aliphatic rings. The third kappa shape index (κ3) is 4.32. The summed E-state index contributed by atoms with van der Waals surface area (Å²) in [6.45, 7) is 2.55. The first-order chi connectivity index (χ1) is 12.9. The van der Waals surface area contributed by atoms with E-state index < -0.39 is 9.84 Å². The predicted octanol–water partition coefficient (Wildman–Crippen LogP) is 2.31. The van der Waals surface area contributed by atoms with Crippen molar-refractivity contribution in [3.63, 3.8) is 0 Å². The van der Waals surface area contributed by atoms with Gasteiger partial charge in [0.25, 0.3) is 5.91 Å². The molecule has 2 heterocycles. The first kappa shape index (κ1) is 19.4. The SMILES string of the molecule is CCCCN(C(=O)c1nn(-c2ccccc2)cc1OC)C1CCS(=O)(=O)C1. The molecule has 7 nitrogen and oxygen atoms in total. The van der Waals surface area contributed by atoms with Crippen molar-refractivity contribution < 1.29 is 17.9 Å². The lowest BCUT2D eigenvalue weighted by Crippen LogP contribution is -2.42. The minimum absolute atomic E-state index is 0.0180. The smallest absolute Gasteiger partial charge is 0.278 e. The van der Waals surface area contributed by atoms with Crippen molar-refractivity contribution >= 4 is 15.7 Å². The fraction of sp³-hybridized carbons (Fsp3) is 0.474. The Balaban J connectivity index is 1.92. The van der Waals surface area contributed by atoms with E-state index in [1.54, 1.807) is 15.8 Å². The van der Waals surface area contributed by atoms with Crippen molar-refractivity contribution in [1.29, 1.82) is 0 Å². The van der Waals surface area contributed by atoms with Gasteiger partial charge in [-0.25, -0.2) is 13.1 Å². The molecule has 1 amide bonds. The molecular weight excluding hydrogens is 366 g/mol. The Hall–Kier alpha value is -2.35. The molecule has 0 N–H and O–H groups in total. The molecule has 8 heteroatoms. The summed E-state index contributed by atoms with van der Waals surface area (Å²) in [4.78, 5) is 14.9. The molecule has 27 heavy (non-hydrogen) atoms. The first-order valence-electron chi connectivity index (χ1n) is 9.15. The van der Waals surface area contributed by atoms with Crippen molar-refractivity contribution in [3.8, 4) is 11.4 Å². The van der Waals surface area contributed by atoms with Gasteiger partial charge in [-0.15, -0.1) is 0 Å². The van der Waals surface area contributed by atoms with E-state index in [9.17, 15) is 13.2 Å². The fourth-order valence-corrected chi connectivity index (χ4v) is 5.03. The van der Waals surface area contributed by atoms with E-state index in [4.69, 9.17) is 4.74 Å². The quantitative estimate of drug-likeness (QED) is 0.723. The second-order valence-corrected chi connectivity index (χ2v) is 8.96. The van der Waals surface area contributed by atoms with Crippen molar-refractivity contribution in [3.05, 3.63) is 42.2 Å². The number of rotatable bonds is 7. The maximum absolute atomic E-state index is 13.2. The monoisotopic (exact) mass is 391 g/mol. The molecule has 1 atom stereocenters. The van der Waals surface area contributed by atoms with Gasteiger partial charge < -0.3 is 9.64 Å². The zero-order chi connectivity index (χ0) is 19.4. The molecule has 1 aliphatic heterocycles. The average molecular weight is 391 g/mol. The van der Waals surface area contributed by atoms with E-state index in [-0.39, 0.29) is 29.1 Å². The van der Waals surface area contributed by atoms with E-state index >= 15 is 0 Å². The molecule has 146 valence electrons. The lowest BCUT2D eigenvalue weighted by atomic mass is 10.1. The summed E-state index contributed by atoms with van der Waals surface area (Å²) in [7, 11) is -1.59. The zero-order valence-corrected chi connectivity index (χ0v) is 16.5. The summed E-state index contributed by atoms with van der Waals surface area (Å²) in [5, 5.41) is 4.44. The number of hydrogen-bond donors (Lipinski definition) is 0. The number of sulfone groups is 1. The number of unbranched alkanes of at least 4 members (excludes halogenated alkanes) is 1. The second kappa shape index (κ2) is 8.12. The summed E-state index contributed by atoms with van der Waals surface area (Å²) < 4.78 is 30.8. The number of aromatic nitrogens is 2. The molecule has 2 aromatic rings. The van der Waals surface area contributed by atoms with Gasteiger partial charge in [0, 0.05) is 12.6 Å². The fourth-order valence-electron chi connectivity index (χ4n) is 3.30. The molecule has 1 unspecified atom stereocenters. The van der Waals surface area contributed by atoms with Crippen LogP contribution in [0.5, 0.6) is 5.75 Å². The minimum Gasteiger partial charge on any atom is -0.493 e. The molecule has 0 saturated carbocycles. The molecule has 1 fully saturated rings. The Kier molecular flexibility index (Phi) is 5.84. The van der Waals surface area contributed by atoms with Crippen LogP contribution in [0.4, 0.5) is 0 Å². The molecule has 0 radical (unpaired) electrons. The molecule has 1 saturated heterocycles. The highest BCUT2D eigenvalue weighted by Crippen LogP contribution is 2.25. The van der Waals surface area contributed by atoms with Gasteiger partial charge in [0.1, 0.15) is 0 Å².